The van der Waals surface area contributed by atoms with Crippen molar-refractivity contribution in [2.45, 2.75) is 39.0 Å². The van der Waals surface area contributed by atoms with Crippen molar-refractivity contribution in [3.8, 4) is 0 Å². The van der Waals surface area contributed by atoms with Gasteiger partial charge in [0, 0.05) is 0 Å². The van der Waals surface area contributed by atoms with Gasteiger partial charge in [0.15, 0.2) is 0 Å². The summed E-state index contributed by atoms with van der Waals surface area (Å²) >= 11 is 0. The van der Waals surface area contributed by atoms with Crippen LogP contribution in [-0.2, 0) is 10.2 Å². The van der Waals surface area contributed by atoms with E-state index in [0.717, 1.165) is 5.56 Å². The van der Waals surface area contributed by atoms with E-state index in [-0.39, 0.29) is 0 Å². The van der Waals surface area contributed by atoms with Crippen molar-refractivity contribution >= 4 is 5.97 Å². The molecule has 88 valence electrons. The summed E-state index contributed by atoms with van der Waals surface area (Å²) in [4.78, 5) is 11.6. The summed E-state index contributed by atoms with van der Waals surface area (Å²) in [6, 6.07) is 9.56. The standard InChI is InChI=1S/C14H20O2/c1-4-14(13(15)16,10-11(2)3)12-8-6-5-7-9-12/h5-9,11H,4,10H2,1-3H3,(H,15,16). The number of carbonyl (C=O) groups is 1. The molecule has 1 atom stereocenters. The normalized spacial score (nSPS) is 14.8. The molecule has 1 aromatic carbocycles. The van der Waals surface area contributed by atoms with E-state index in [1.807, 2.05) is 37.3 Å². The summed E-state index contributed by atoms with van der Waals surface area (Å²) in [5.41, 5.74) is 0.189. The molecule has 2 heteroatoms. The van der Waals surface area contributed by atoms with Gasteiger partial charge in [-0.3, -0.25) is 4.79 Å². The van der Waals surface area contributed by atoms with Gasteiger partial charge in [-0.1, -0.05) is 51.1 Å². The molecule has 0 spiro atoms. The molecule has 0 heterocycles. The highest BCUT2D eigenvalue weighted by Crippen LogP contribution is 2.34. The quantitative estimate of drug-likeness (QED) is 0.825. The molecular formula is C14H20O2. The number of carboxylic acid groups (broad SMARTS) is 1. The Morgan fingerprint density at radius 1 is 1.31 bits per heavy atom. The zero-order valence-electron chi connectivity index (χ0n) is 10.2. The molecule has 1 aromatic rings. The summed E-state index contributed by atoms with van der Waals surface area (Å²) in [5, 5.41) is 9.53. The highest BCUT2D eigenvalue weighted by atomic mass is 16.4. The fourth-order valence-electron chi connectivity index (χ4n) is 2.28. The highest BCUT2D eigenvalue weighted by Gasteiger charge is 2.38. The Kier molecular flexibility index (Phi) is 4.11. The Bertz CT molecular complexity index is 343. The molecule has 0 amide bonds. The van der Waals surface area contributed by atoms with E-state index in [4.69, 9.17) is 0 Å². The van der Waals surface area contributed by atoms with Gasteiger partial charge in [-0.2, -0.15) is 0 Å². The molecule has 0 bridgehead atoms. The van der Waals surface area contributed by atoms with Gasteiger partial charge in [-0.25, -0.2) is 0 Å². The molecule has 0 aliphatic carbocycles. The lowest BCUT2D eigenvalue weighted by Crippen LogP contribution is -2.36. The molecule has 0 saturated heterocycles. The average molecular weight is 220 g/mol. The van der Waals surface area contributed by atoms with E-state index >= 15 is 0 Å². The second kappa shape index (κ2) is 5.15. The van der Waals surface area contributed by atoms with E-state index in [2.05, 4.69) is 13.8 Å². The Morgan fingerprint density at radius 2 is 1.88 bits per heavy atom. The van der Waals surface area contributed by atoms with Crippen molar-refractivity contribution in [2.75, 3.05) is 0 Å². The second-order valence-corrected chi connectivity index (χ2v) is 4.70. The van der Waals surface area contributed by atoms with Crippen LogP contribution >= 0.6 is 0 Å². The fraction of sp³-hybridized carbons (Fsp3) is 0.500. The fourth-order valence-corrected chi connectivity index (χ4v) is 2.28. The highest BCUT2D eigenvalue weighted by molar-refractivity contribution is 5.81. The van der Waals surface area contributed by atoms with Crippen LogP contribution in [0.15, 0.2) is 30.3 Å². The van der Waals surface area contributed by atoms with E-state index < -0.39 is 11.4 Å². The molecule has 1 rings (SSSR count). The van der Waals surface area contributed by atoms with Crippen LogP contribution in [0.1, 0.15) is 39.2 Å². The van der Waals surface area contributed by atoms with Gasteiger partial charge in [0.1, 0.15) is 0 Å². The van der Waals surface area contributed by atoms with Crippen molar-refractivity contribution < 1.29 is 9.90 Å². The monoisotopic (exact) mass is 220 g/mol. The minimum absolute atomic E-state index is 0.372. The smallest absolute Gasteiger partial charge is 0.314 e. The van der Waals surface area contributed by atoms with Crippen LogP contribution < -0.4 is 0 Å². The van der Waals surface area contributed by atoms with Crippen molar-refractivity contribution in [1.29, 1.82) is 0 Å². The zero-order valence-corrected chi connectivity index (χ0v) is 10.2. The minimum atomic E-state index is -0.727. The van der Waals surface area contributed by atoms with Crippen molar-refractivity contribution in [1.82, 2.24) is 0 Å². The summed E-state index contributed by atoms with van der Waals surface area (Å²) in [5.74, 6) is -0.342. The first kappa shape index (κ1) is 12.8. The molecule has 0 aliphatic rings. The maximum Gasteiger partial charge on any atom is 0.314 e. The molecule has 0 saturated carbocycles. The Balaban J connectivity index is 3.18. The molecule has 0 radical (unpaired) electrons. The topological polar surface area (TPSA) is 37.3 Å². The lowest BCUT2D eigenvalue weighted by Gasteiger charge is -2.30. The first-order valence-corrected chi connectivity index (χ1v) is 5.82. The summed E-state index contributed by atoms with van der Waals surface area (Å²) < 4.78 is 0. The summed E-state index contributed by atoms with van der Waals surface area (Å²) in [6.45, 7) is 6.08. The van der Waals surface area contributed by atoms with Gasteiger partial charge in [-0.15, -0.1) is 0 Å². The molecule has 0 aliphatic heterocycles. The second-order valence-electron chi connectivity index (χ2n) is 4.70. The average Bonchev–Trinajstić information content (AvgIpc) is 2.26. The van der Waals surface area contributed by atoms with Crippen LogP contribution in [0.5, 0.6) is 0 Å². The van der Waals surface area contributed by atoms with E-state index in [1.165, 1.54) is 0 Å². The zero-order chi connectivity index (χ0) is 12.2. The molecular weight excluding hydrogens is 200 g/mol. The first-order valence-electron chi connectivity index (χ1n) is 5.82. The Labute approximate surface area is 97.3 Å². The molecule has 0 aromatic heterocycles. The van der Waals surface area contributed by atoms with Crippen LogP contribution in [0, 0.1) is 5.92 Å². The van der Waals surface area contributed by atoms with Crippen LogP contribution in [0.4, 0.5) is 0 Å². The van der Waals surface area contributed by atoms with Gasteiger partial charge in [-0.05, 0) is 24.3 Å². The van der Waals surface area contributed by atoms with Crippen LogP contribution in [0.2, 0.25) is 0 Å². The molecule has 0 fully saturated rings. The Morgan fingerprint density at radius 3 is 2.25 bits per heavy atom. The lowest BCUT2D eigenvalue weighted by atomic mass is 9.72. The third-order valence-electron chi connectivity index (χ3n) is 3.10. The van der Waals surface area contributed by atoms with Gasteiger partial charge in [0.05, 0.1) is 5.41 Å². The number of aliphatic carboxylic acids is 1. The van der Waals surface area contributed by atoms with Crippen molar-refractivity contribution in [2.24, 2.45) is 5.92 Å². The molecule has 1 N–H and O–H groups in total. The minimum Gasteiger partial charge on any atom is -0.481 e. The number of hydrogen-bond acceptors (Lipinski definition) is 1. The van der Waals surface area contributed by atoms with Gasteiger partial charge in [0.25, 0.3) is 0 Å². The maximum absolute atomic E-state index is 11.6. The predicted octanol–water partition coefficient (Wildman–Crippen LogP) is 3.47. The number of hydrogen-bond donors (Lipinski definition) is 1. The van der Waals surface area contributed by atoms with Gasteiger partial charge in [0.2, 0.25) is 0 Å². The van der Waals surface area contributed by atoms with E-state index in [0.29, 0.717) is 18.8 Å². The van der Waals surface area contributed by atoms with Gasteiger partial charge >= 0.3 is 5.97 Å². The predicted molar refractivity (Wildman–Crippen MR) is 65.5 cm³/mol. The third kappa shape index (κ3) is 2.43. The number of carboxylic acids is 1. The van der Waals surface area contributed by atoms with Crippen molar-refractivity contribution in [3.63, 3.8) is 0 Å². The SMILES string of the molecule is CCC(CC(C)C)(C(=O)O)c1ccccc1. The first-order chi connectivity index (χ1) is 7.53. The van der Waals surface area contributed by atoms with Crippen LogP contribution in [-0.4, -0.2) is 11.1 Å². The number of rotatable bonds is 5. The largest absolute Gasteiger partial charge is 0.481 e. The number of benzene rings is 1. The molecule has 1 unspecified atom stereocenters. The molecule has 2 nitrogen and oxygen atoms in total. The van der Waals surface area contributed by atoms with Crippen LogP contribution in [0.3, 0.4) is 0 Å². The van der Waals surface area contributed by atoms with E-state index in [9.17, 15) is 9.90 Å². The van der Waals surface area contributed by atoms with Crippen molar-refractivity contribution in [3.05, 3.63) is 35.9 Å². The maximum atomic E-state index is 11.6. The summed E-state index contributed by atoms with van der Waals surface area (Å²) in [7, 11) is 0. The van der Waals surface area contributed by atoms with Gasteiger partial charge < -0.3 is 5.11 Å². The summed E-state index contributed by atoms with van der Waals surface area (Å²) in [6.07, 6.45) is 1.31. The Hall–Kier alpha value is -1.31. The molecule has 16 heavy (non-hydrogen) atoms. The lowest BCUT2D eigenvalue weighted by molar-refractivity contribution is -0.144. The van der Waals surface area contributed by atoms with Crippen LogP contribution in [0.25, 0.3) is 0 Å². The van der Waals surface area contributed by atoms with E-state index in [1.54, 1.807) is 0 Å². The third-order valence-corrected chi connectivity index (χ3v) is 3.10.